The van der Waals surface area contributed by atoms with Crippen molar-refractivity contribution in [1.82, 2.24) is 10.3 Å². The highest BCUT2D eigenvalue weighted by Crippen LogP contribution is 2.21. The van der Waals surface area contributed by atoms with Crippen LogP contribution in [0.4, 0.5) is 0 Å². The van der Waals surface area contributed by atoms with Crippen LogP contribution in [0.2, 0.25) is 5.02 Å². The average molecular weight is 430 g/mol. The highest BCUT2D eigenvalue weighted by molar-refractivity contribution is 9.10. The lowest BCUT2D eigenvalue weighted by Gasteiger charge is -2.04. The van der Waals surface area contributed by atoms with Gasteiger partial charge in [0.15, 0.2) is 0 Å². The zero-order valence-corrected chi connectivity index (χ0v) is 16.0. The monoisotopic (exact) mass is 428 g/mol. The van der Waals surface area contributed by atoms with Crippen molar-refractivity contribution >= 4 is 44.3 Å². The molecule has 0 spiro atoms. The number of pyridine rings is 1. The number of rotatable bonds is 4. The molecule has 4 nitrogen and oxygen atoms in total. The summed E-state index contributed by atoms with van der Waals surface area (Å²) in [6, 6.07) is 14.7. The number of hydrogen-bond donors (Lipinski definition) is 1. The van der Waals surface area contributed by atoms with Gasteiger partial charge in [0.2, 0.25) is 0 Å². The summed E-state index contributed by atoms with van der Waals surface area (Å²) < 4.78 is 6.38. The van der Waals surface area contributed by atoms with Crippen LogP contribution >= 0.6 is 27.5 Å². The lowest BCUT2D eigenvalue weighted by Crippen LogP contribution is -2.24. The lowest BCUT2D eigenvalue weighted by atomic mass is 10.2. The maximum atomic E-state index is 12.1. The predicted octanol–water partition coefficient (Wildman–Crippen LogP) is 4.46. The Morgan fingerprint density at radius 1 is 1.19 bits per heavy atom. The maximum Gasteiger partial charge on any atom is 0.253 e. The molecule has 3 rings (SSSR count). The van der Waals surface area contributed by atoms with Crippen LogP contribution in [-0.4, -0.2) is 24.0 Å². The van der Waals surface area contributed by atoms with Gasteiger partial charge < -0.3 is 10.1 Å². The summed E-state index contributed by atoms with van der Waals surface area (Å²) in [6.07, 6.45) is 1.74. The fourth-order valence-corrected chi connectivity index (χ4v) is 2.82. The largest absolute Gasteiger partial charge is 0.481 e. The van der Waals surface area contributed by atoms with Crippen molar-refractivity contribution in [3.8, 4) is 17.6 Å². The molecule has 0 aliphatic rings. The number of nitrogens with zero attached hydrogens (tertiary/aromatic N) is 1. The molecule has 3 aromatic rings. The number of benzene rings is 2. The Morgan fingerprint density at radius 3 is 2.96 bits per heavy atom. The molecule has 1 aromatic heterocycles. The third kappa shape index (κ3) is 4.75. The number of nitrogens with one attached hydrogen (secondary N) is 1. The van der Waals surface area contributed by atoms with E-state index < -0.39 is 0 Å². The van der Waals surface area contributed by atoms with Crippen LogP contribution in [0.5, 0.6) is 5.75 Å². The quantitative estimate of drug-likeness (QED) is 0.623. The van der Waals surface area contributed by atoms with E-state index in [0.29, 0.717) is 16.3 Å². The standard InChI is InChI=1S/C20H14BrClN2O2/c21-15-6-8-18(22)17(12-15)20(25)24-9-1-2-11-26-16-7-5-14-4-3-10-23-19(14)13-16/h3-8,10,12-13H,9,11H2,(H,24,25). The fourth-order valence-electron chi connectivity index (χ4n) is 2.26. The van der Waals surface area contributed by atoms with E-state index in [0.717, 1.165) is 15.4 Å². The minimum atomic E-state index is -0.271. The van der Waals surface area contributed by atoms with E-state index in [1.807, 2.05) is 30.3 Å². The normalized spacial score (nSPS) is 10.1. The smallest absolute Gasteiger partial charge is 0.253 e. The summed E-state index contributed by atoms with van der Waals surface area (Å²) in [5, 5.41) is 4.16. The second-order valence-electron chi connectivity index (χ2n) is 5.31. The predicted molar refractivity (Wildman–Crippen MR) is 106 cm³/mol. The molecule has 0 saturated carbocycles. The lowest BCUT2D eigenvalue weighted by molar-refractivity contribution is 0.0958. The summed E-state index contributed by atoms with van der Waals surface area (Å²) in [4.78, 5) is 16.4. The molecular formula is C20H14BrClN2O2. The van der Waals surface area contributed by atoms with Gasteiger partial charge in [0.05, 0.1) is 22.6 Å². The van der Waals surface area contributed by atoms with Crippen LogP contribution in [0, 0.1) is 11.8 Å². The van der Waals surface area contributed by atoms with Gasteiger partial charge in [-0.3, -0.25) is 9.78 Å². The van der Waals surface area contributed by atoms with Gasteiger partial charge in [-0.1, -0.05) is 45.4 Å². The van der Waals surface area contributed by atoms with Gasteiger partial charge in [-0.25, -0.2) is 0 Å². The molecule has 2 aromatic carbocycles. The second-order valence-corrected chi connectivity index (χ2v) is 6.63. The average Bonchev–Trinajstić information content (AvgIpc) is 2.66. The van der Waals surface area contributed by atoms with Crippen molar-refractivity contribution < 1.29 is 9.53 Å². The van der Waals surface area contributed by atoms with Crippen LogP contribution < -0.4 is 10.1 Å². The topological polar surface area (TPSA) is 51.2 Å². The minimum absolute atomic E-state index is 0.213. The van der Waals surface area contributed by atoms with Crippen LogP contribution in [0.15, 0.2) is 59.2 Å². The van der Waals surface area contributed by atoms with Gasteiger partial charge >= 0.3 is 0 Å². The number of amides is 1. The van der Waals surface area contributed by atoms with Crippen molar-refractivity contribution in [2.75, 3.05) is 13.2 Å². The second kappa shape index (κ2) is 8.70. The Bertz CT molecular complexity index is 1010. The molecule has 0 radical (unpaired) electrons. The van der Waals surface area contributed by atoms with Crippen LogP contribution in [0.3, 0.4) is 0 Å². The molecular weight excluding hydrogens is 416 g/mol. The number of halogens is 2. The molecule has 1 N–H and O–H groups in total. The molecule has 130 valence electrons. The minimum Gasteiger partial charge on any atom is -0.481 e. The number of fused-ring (bicyclic) bond motifs is 1. The first-order valence-corrected chi connectivity index (χ1v) is 8.97. The molecule has 6 heteroatoms. The molecule has 0 aliphatic heterocycles. The third-order valence-electron chi connectivity index (χ3n) is 3.52. The van der Waals surface area contributed by atoms with Gasteiger partial charge in [0.25, 0.3) is 5.91 Å². The van der Waals surface area contributed by atoms with Crippen molar-refractivity contribution in [1.29, 1.82) is 0 Å². The summed E-state index contributed by atoms with van der Waals surface area (Å²) in [6.45, 7) is 0.441. The Balaban J connectivity index is 1.49. The zero-order chi connectivity index (χ0) is 18.4. The van der Waals surface area contributed by atoms with E-state index in [1.165, 1.54) is 0 Å². The van der Waals surface area contributed by atoms with Gasteiger partial charge in [-0.05, 0) is 36.4 Å². The van der Waals surface area contributed by atoms with Gasteiger partial charge in [-0.2, -0.15) is 0 Å². The summed E-state index contributed by atoms with van der Waals surface area (Å²) in [5.74, 6) is 6.15. The summed E-state index contributed by atoms with van der Waals surface area (Å²) >= 11 is 9.34. The Kier molecular flexibility index (Phi) is 6.11. The van der Waals surface area contributed by atoms with Gasteiger partial charge in [0, 0.05) is 22.1 Å². The fraction of sp³-hybridized carbons (Fsp3) is 0.100. The molecule has 0 aliphatic carbocycles. The van der Waals surface area contributed by atoms with Crippen molar-refractivity contribution in [2.45, 2.75) is 0 Å². The molecule has 1 heterocycles. The molecule has 0 saturated heterocycles. The number of ether oxygens (including phenoxy) is 1. The summed E-state index contributed by atoms with van der Waals surface area (Å²) in [5.41, 5.74) is 1.28. The molecule has 1 amide bonds. The Labute approximate surface area is 164 Å². The van der Waals surface area contributed by atoms with Crippen LogP contribution in [0.25, 0.3) is 10.9 Å². The van der Waals surface area contributed by atoms with E-state index in [2.05, 4.69) is 38.1 Å². The zero-order valence-electron chi connectivity index (χ0n) is 13.6. The SMILES string of the molecule is O=C(NCC#CCOc1ccc2cccnc2c1)c1cc(Br)ccc1Cl. The first-order valence-electron chi connectivity index (χ1n) is 7.80. The number of hydrogen-bond acceptors (Lipinski definition) is 3. The van der Waals surface area contributed by atoms with Crippen LogP contribution in [-0.2, 0) is 0 Å². The van der Waals surface area contributed by atoms with Gasteiger partial charge in [0.1, 0.15) is 12.4 Å². The van der Waals surface area contributed by atoms with E-state index in [4.69, 9.17) is 16.3 Å². The van der Waals surface area contributed by atoms with E-state index >= 15 is 0 Å². The van der Waals surface area contributed by atoms with E-state index in [9.17, 15) is 4.79 Å². The number of carbonyl (C=O) groups is 1. The van der Waals surface area contributed by atoms with Crippen molar-refractivity contribution in [2.24, 2.45) is 0 Å². The molecule has 26 heavy (non-hydrogen) atoms. The van der Waals surface area contributed by atoms with E-state index in [-0.39, 0.29) is 19.1 Å². The summed E-state index contributed by atoms with van der Waals surface area (Å²) in [7, 11) is 0. The van der Waals surface area contributed by atoms with Gasteiger partial charge in [-0.15, -0.1) is 0 Å². The highest BCUT2D eigenvalue weighted by Gasteiger charge is 2.09. The van der Waals surface area contributed by atoms with E-state index in [1.54, 1.807) is 24.4 Å². The third-order valence-corrected chi connectivity index (χ3v) is 4.35. The first-order chi connectivity index (χ1) is 12.6. The van der Waals surface area contributed by atoms with Crippen molar-refractivity contribution in [3.05, 3.63) is 69.8 Å². The van der Waals surface area contributed by atoms with Crippen LogP contribution in [0.1, 0.15) is 10.4 Å². The molecule has 0 unspecified atom stereocenters. The van der Waals surface area contributed by atoms with Crippen molar-refractivity contribution in [3.63, 3.8) is 0 Å². The first kappa shape index (κ1) is 18.2. The Morgan fingerprint density at radius 2 is 2.08 bits per heavy atom. The number of carbonyl (C=O) groups excluding carboxylic acids is 1. The molecule has 0 bridgehead atoms. The molecule has 0 fully saturated rings. The highest BCUT2D eigenvalue weighted by atomic mass is 79.9. The Hall–Kier alpha value is -2.55. The number of aromatic nitrogens is 1. The molecule has 0 atom stereocenters. The maximum absolute atomic E-state index is 12.1.